The summed E-state index contributed by atoms with van der Waals surface area (Å²) in [5, 5.41) is 0. The quantitative estimate of drug-likeness (QED) is 0.595. The average Bonchev–Trinajstić information content (AvgIpc) is 2.34. The lowest BCUT2D eigenvalue weighted by Crippen LogP contribution is -2.14. The lowest BCUT2D eigenvalue weighted by Gasteiger charge is -2.06. The molecule has 0 saturated heterocycles. The van der Waals surface area contributed by atoms with E-state index in [0.29, 0.717) is 17.9 Å². The molecule has 0 unspecified atom stereocenters. The van der Waals surface area contributed by atoms with E-state index in [4.69, 9.17) is 4.74 Å². The van der Waals surface area contributed by atoms with Crippen molar-refractivity contribution in [1.82, 2.24) is 0 Å². The Balaban J connectivity index is 2.37. The lowest BCUT2D eigenvalue weighted by atomic mass is 10.1. The van der Waals surface area contributed by atoms with Crippen LogP contribution in [0, 0.1) is 5.92 Å². The van der Waals surface area contributed by atoms with Crippen molar-refractivity contribution < 1.29 is 14.3 Å². The van der Waals surface area contributed by atoms with E-state index in [1.807, 2.05) is 13.8 Å². The Morgan fingerprint density at radius 2 is 1.83 bits per heavy atom. The second kappa shape index (κ2) is 7.31. The molecule has 0 atom stereocenters. The van der Waals surface area contributed by atoms with Crippen LogP contribution in [-0.2, 0) is 9.53 Å². The summed E-state index contributed by atoms with van der Waals surface area (Å²) in [4.78, 5) is 23.1. The number of esters is 1. The van der Waals surface area contributed by atoms with Gasteiger partial charge in [-0.1, -0.05) is 41.9 Å². The van der Waals surface area contributed by atoms with Gasteiger partial charge in [-0.3, -0.25) is 9.59 Å². The molecule has 4 heteroatoms. The molecule has 1 rings (SSSR count). The molecule has 0 aliphatic carbocycles. The maximum absolute atomic E-state index is 11.7. The maximum Gasteiger partial charge on any atom is 0.306 e. The third-order valence-corrected chi connectivity index (χ3v) is 2.98. The fourth-order valence-corrected chi connectivity index (χ4v) is 1.61. The van der Waals surface area contributed by atoms with Crippen LogP contribution in [0.2, 0.25) is 0 Å². The number of rotatable bonds is 6. The van der Waals surface area contributed by atoms with Gasteiger partial charge >= 0.3 is 5.97 Å². The van der Waals surface area contributed by atoms with E-state index in [9.17, 15) is 9.59 Å². The van der Waals surface area contributed by atoms with Crippen LogP contribution in [0.4, 0.5) is 0 Å². The number of carbonyl (C=O) groups is 2. The van der Waals surface area contributed by atoms with Crippen molar-refractivity contribution >= 4 is 27.7 Å². The normalized spacial score (nSPS) is 10.4. The van der Waals surface area contributed by atoms with Crippen molar-refractivity contribution in [2.75, 3.05) is 6.61 Å². The van der Waals surface area contributed by atoms with Gasteiger partial charge in [-0.05, 0) is 24.5 Å². The minimum absolute atomic E-state index is 0.180. The van der Waals surface area contributed by atoms with Crippen molar-refractivity contribution in [2.45, 2.75) is 26.7 Å². The number of benzene rings is 1. The third kappa shape index (κ3) is 5.45. The van der Waals surface area contributed by atoms with Crippen LogP contribution in [0.3, 0.4) is 0 Å². The molecule has 3 nitrogen and oxygen atoms in total. The molecule has 0 spiro atoms. The highest BCUT2D eigenvalue weighted by Crippen LogP contribution is 2.11. The predicted octanol–water partition coefficient (Wildman–Crippen LogP) is 3.61. The fraction of sp³-hybridized carbons (Fsp3) is 0.429. The molecule has 0 radical (unpaired) electrons. The molecular weight excluding hydrogens is 296 g/mol. The van der Waals surface area contributed by atoms with Crippen LogP contribution in [0.5, 0.6) is 0 Å². The van der Waals surface area contributed by atoms with Crippen molar-refractivity contribution in [2.24, 2.45) is 5.92 Å². The molecular formula is C14H17BrO3. The minimum atomic E-state index is -0.311. The van der Waals surface area contributed by atoms with Crippen LogP contribution in [0.25, 0.3) is 0 Å². The number of carbonyl (C=O) groups excluding carboxylic acids is 2. The first-order chi connectivity index (χ1) is 8.49. The number of ketones is 1. The molecule has 0 aliphatic heterocycles. The highest BCUT2D eigenvalue weighted by molar-refractivity contribution is 9.10. The van der Waals surface area contributed by atoms with Gasteiger partial charge in [-0.15, -0.1) is 0 Å². The molecule has 0 bridgehead atoms. The summed E-state index contributed by atoms with van der Waals surface area (Å²) in [6.45, 7) is 3.90. The molecule has 0 saturated carbocycles. The second-order valence-corrected chi connectivity index (χ2v) is 5.44. The molecule has 0 N–H and O–H groups in total. The first-order valence-corrected chi connectivity index (χ1v) is 6.72. The summed E-state index contributed by atoms with van der Waals surface area (Å²) in [5.74, 6) is -0.0331. The Labute approximate surface area is 116 Å². The van der Waals surface area contributed by atoms with Crippen molar-refractivity contribution in [1.29, 1.82) is 0 Å². The predicted molar refractivity (Wildman–Crippen MR) is 73.5 cm³/mol. The van der Waals surface area contributed by atoms with Gasteiger partial charge in [0.05, 0.1) is 0 Å². The van der Waals surface area contributed by atoms with Crippen LogP contribution in [0.15, 0.2) is 28.7 Å². The molecule has 1 aromatic carbocycles. The average molecular weight is 313 g/mol. The molecule has 0 amide bonds. The van der Waals surface area contributed by atoms with Gasteiger partial charge in [0.15, 0.2) is 12.4 Å². The molecule has 98 valence electrons. The van der Waals surface area contributed by atoms with E-state index in [-0.39, 0.29) is 18.4 Å². The zero-order valence-electron chi connectivity index (χ0n) is 10.6. The largest absolute Gasteiger partial charge is 0.457 e. The number of Topliss-reactive ketones (excluding diaryl/α,β-unsaturated/α-hetero) is 1. The van der Waals surface area contributed by atoms with Gasteiger partial charge < -0.3 is 4.74 Å². The van der Waals surface area contributed by atoms with Gasteiger partial charge in [-0.2, -0.15) is 0 Å². The highest BCUT2D eigenvalue weighted by atomic mass is 79.9. The summed E-state index contributed by atoms with van der Waals surface area (Å²) in [7, 11) is 0. The van der Waals surface area contributed by atoms with E-state index in [1.165, 1.54) is 0 Å². The van der Waals surface area contributed by atoms with E-state index < -0.39 is 0 Å². The van der Waals surface area contributed by atoms with Crippen LogP contribution < -0.4 is 0 Å². The first kappa shape index (κ1) is 14.9. The zero-order chi connectivity index (χ0) is 13.5. The third-order valence-electron chi connectivity index (χ3n) is 2.46. The van der Waals surface area contributed by atoms with Gasteiger partial charge in [0.25, 0.3) is 0 Å². The van der Waals surface area contributed by atoms with Gasteiger partial charge in [0.1, 0.15) is 0 Å². The molecule has 18 heavy (non-hydrogen) atoms. The summed E-state index contributed by atoms with van der Waals surface area (Å²) in [6.07, 6.45) is 1.15. The second-order valence-electron chi connectivity index (χ2n) is 4.52. The Kier molecular flexibility index (Phi) is 6.05. The Bertz CT molecular complexity index is 410. The number of hydrogen-bond acceptors (Lipinski definition) is 3. The Morgan fingerprint density at radius 3 is 2.39 bits per heavy atom. The summed E-state index contributed by atoms with van der Waals surface area (Å²) in [5.41, 5.74) is 0.551. The van der Waals surface area contributed by atoms with Crippen molar-refractivity contribution in [3.8, 4) is 0 Å². The molecule has 1 aromatic rings. The van der Waals surface area contributed by atoms with Crippen molar-refractivity contribution in [3.63, 3.8) is 0 Å². The van der Waals surface area contributed by atoms with E-state index in [2.05, 4.69) is 15.9 Å². The standard InChI is InChI=1S/C14H17BrO3/c1-10(2)3-8-14(17)18-9-13(16)11-4-6-12(15)7-5-11/h4-7,10H,3,8-9H2,1-2H3. The Morgan fingerprint density at radius 1 is 1.22 bits per heavy atom. The van der Waals surface area contributed by atoms with Crippen LogP contribution in [-0.4, -0.2) is 18.4 Å². The monoisotopic (exact) mass is 312 g/mol. The minimum Gasteiger partial charge on any atom is -0.457 e. The maximum atomic E-state index is 11.7. The van der Waals surface area contributed by atoms with Gasteiger partial charge in [0.2, 0.25) is 0 Å². The van der Waals surface area contributed by atoms with Gasteiger partial charge in [-0.25, -0.2) is 0 Å². The smallest absolute Gasteiger partial charge is 0.306 e. The lowest BCUT2D eigenvalue weighted by molar-refractivity contribution is -0.142. The number of halogens is 1. The van der Waals surface area contributed by atoms with Crippen LogP contribution >= 0.6 is 15.9 Å². The molecule has 0 fully saturated rings. The molecule has 0 aromatic heterocycles. The summed E-state index contributed by atoms with van der Waals surface area (Å²) < 4.78 is 5.85. The number of hydrogen-bond donors (Lipinski definition) is 0. The SMILES string of the molecule is CC(C)CCC(=O)OCC(=O)c1ccc(Br)cc1. The van der Waals surface area contributed by atoms with E-state index in [1.54, 1.807) is 24.3 Å². The molecule has 0 heterocycles. The summed E-state index contributed by atoms with van der Waals surface area (Å²) in [6, 6.07) is 6.98. The fourth-order valence-electron chi connectivity index (χ4n) is 1.34. The summed E-state index contributed by atoms with van der Waals surface area (Å²) >= 11 is 3.29. The van der Waals surface area contributed by atoms with E-state index in [0.717, 1.165) is 10.9 Å². The number of ether oxygens (including phenoxy) is 1. The van der Waals surface area contributed by atoms with Crippen molar-refractivity contribution in [3.05, 3.63) is 34.3 Å². The topological polar surface area (TPSA) is 43.4 Å². The van der Waals surface area contributed by atoms with Crippen LogP contribution in [0.1, 0.15) is 37.0 Å². The Hall–Kier alpha value is -1.16. The highest BCUT2D eigenvalue weighted by Gasteiger charge is 2.10. The van der Waals surface area contributed by atoms with E-state index >= 15 is 0 Å². The first-order valence-electron chi connectivity index (χ1n) is 5.93. The molecule has 0 aliphatic rings. The van der Waals surface area contributed by atoms with Gasteiger partial charge in [0, 0.05) is 16.5 Å². The zero-order valence-corrected chi connectivity index (χ0v) is 12.2.